The minimum Gasteiger partial charge on any atom is -0.327 e. The van der Waals surface area contributed by atoms with Crippen molar-refractivity contribution in [1.82, 2.24) is 0 Å². The highest BCUT2D eigenvalue weighted by Gasteiger charge is 2.08. The Kier molecular flexibility index (Phi) is 1.63. The van der Waals surface area contributed by atoms with E-state index in [1.165, 1.54) is 0 Å². The van der Waals surface area contributed by atoms with E-state index in [0.29, 0.717) is 12.8 Å². The Balaban J connectivity index is 2.42. The van der Waals surface area contributed by atoms with Crippen LogP contribution in [0.15, 0.2) is 11.9 Å². The molecule has 8 heavy (non-hydrogen) atoms. The molecule has 0 aliphatic heterocycles. The van der Waals surface area contributed by atoms with E-state index < -0.39 is 0 Å². The van der Waals surface area contributed by atoms with Crippen LogP contribution in [0.25, 0.3) is 0 Å². The summed E-state index contributed by atoms with van der Waals surface area (Å²) in [6, 6.07) is 0.203. The molecular weight excluding hydrogens is 105 g/mol. The number of hydrogen-bond donors (Lipinski definition) is 1. The summed E-state index contributed by atoms with van der Waals surface area (Å²) in [5.74, 6) is 0.00620. The minimum atomic E-state index is 0.00620. The Morgan fingerprint density at radius 1 is 1.75 bits per heavy atom. The lowest BCUT2D eigenvalue weighted by Crippen LogP contribution is -2.20. The normalized spacial score (nSPS) is 29.8. The molecule has 0 amide bonds. The van der Waals surface area contributed by atoms with Crippen LogP contribution in [-0.4, -0.2) is 6.04 Å². The lowest BCUT2D eigenvalue weighted by Gasteiger charge is -2.12. The molecule has 0 bridgehead atoms. The van der Waals surface area contributed by atoms with Crippen molar-refractivity contribution in [3.05, 3.63) is 11.9 Å². The fraction of sp³-hybridized carbons (Fsp3) is 0.667. The largest absolute Gasteiger partial charge is 0.327 e. The minimum absolute atomic E-state index is 0.00620. The van der Waals surface area contributed by atoms with Gasteiger partial charge >= 0.3 is 0 Å². The van der Waals surface area contributed by atoms with Crippen molar-refractivity contribution in [3.63, 3.8) is 0 Å². The third kappa shape index (κ3) is 1.30. The second kappa shape index (κ2) is 2.27. The van der Waals surface area contributed by atoms with E-state index in [4.69, 9.17) is 5.73 Å². The molecule has 0 saturated heterocycles. The number of rotatable bonds is 0. The molecular formula is C6H10FN. The van der Waals surface area contributed by atoms with Gasteiger partial charge in [-0.3, -0.25) is 0 Å². The van der Waals surface area contributed by atoms with E-state index in [1.807, 2.05) is 0 Å². The zero-order valence-corrected chi connectivity index (χ0v) is 4.73. The molecule has 0 radical (unpaired) electrons. The highest BCUT2D eigenvalue weighted by atomic mass is 19.1. The predicted molar refractivity (Wildman–Crippen MR) is 31.0 cm³/mol. The van der Waals surface area contributed by atoms with E-state index in [0.717, 1.165) is 6.42 Å². The van der Waals surface area contributed by atoms with Crippen molar-refractivity contribution in [1.29, 1.82) is 0 Å². The Morgan fingerprint density at radius 3 is 2.88 bits per heavy atom. The number of nitrogens with two attached hydrogens (primary N) is 1. The SMILES string of the molecule is N[C@@H]1CC=C(F)CC1. The van der Waals surface area contributed by atoms with E-state index in [9.17, 15) is 4.39 Å². The van der Waals surface area contributed by atoms with Gasteiger partial charge in [0.15, 0.2) is 0 Å². The summed E-state index contributed by atoms with van der Waals surface area (Å²) < 4.78 is 12.2. The first-order valence-corrected chi connectivity index (χ1v) is 2.89. The Morgan fingerprint density at radius 2 is 2.50 bits per heavy atom. The average molecular weight is 115 g/mol. The van der Waals surface area contributed by atoms with Gasteiger partial charge in [0.1, 0.15) is 0 Å². The molecule has 1 aliphatic rings. The molecule has 0 unspecified atom stereocenters. The van der Waals surface area contributed by atoms with Gasteiger partial charge in [-0.25, -0.2) is 4.39 Å². The van der Waals surface area contributed by atoms with Crippen LogP contribution in [0.4, 0.5) is 4.39 Å². The first-order valence-electron chi connectivity index (χ1n) is 2.89. The van der Waals surface area contributed by atoms with Crippen LogP contribution in [0.1, 0.15) is 19.3 Å². The summed E-state index contributed by atoms with van der Waals surface area (Å²) in [5.41, 5.74) is 5.49. The van der Waals surface area contributed by atoms with Crippen molar-refractivity contribution in [2.45, 2.75) is 25.3 Å². The van der Waals surface area contributed by atoms with Crippen molar-refractivity contribution in [3.8, 4) is 0 Å². The molecule has 0 aromatic rings. The van der Waals surface area contributed by atoms with E-state index in [1.54, 1.807) is 6.08 Å². The van der Waals surface area contributed by atoms with Gasteiger partial charge in [0.2, 0.25) is 0 Å². The third-order valence-electron chi connectivity index (χ3n) is 1.40. The molecule has 2 heteroatoms. The number of hydrogen-bond acceptors (Lipinski definition) is 1. The van der Waals surface area contributed by atoms with Crippen LogP contribution >= 0.6 is 0 Å². The highest BCUT2D eigenvalue weighted by molar-refractivity contribution is 4.98. The summed E-state index contributed by atoms with van der Waals surface area (Å²) in [4.78, 5) is 0. The molecule has 0 aromatic heterocycles. The molecule has 0 heterocycles. The summed E-state index contributed by atoms with van der Waals surface area (Å²) in [5, 5.41) is 0. The van der Waals surface area contributed by atoms with Gasteiger partial charge in [0.25, 0.3) is 0 Å². The standard InChI is InChI=1S/C6H10FN/c7-5-1-3-6(8)4-2-5/h1,6H,2-4,8H2/t6-/m1/s1. The summed E-state index contributed by atoms with van der Waals surface area (Å²) in [6.45, 7) is 0. The molecule has 1 rings (SSSR count). The lowest BCUT2D eigenvalue weighted by molar-refractivity contribution is 0.495. The van der Waals surface area contributed by atoms with Crippen LogP contribution in [0.3, 0.4) is 0 Å². The van der Waals surface area contributed by atoms with E-state index in [2.05, 4.69) is 0 Å². The summed E-state index contributed by atoms with van der Waals surface area (Å²) >= 11 is 0. The van der Waals surface area contributed by atoms with Gasteiger partial charge in [0, 0.05) is 12.5 Å². The Labute approximate surface area is 48.4 Å². The zero-order chi connectivity index (χ0) is 5.98. The molecule has 0 saturated carbocycles. The van der Waals surface area contributed by atoms with Crippen molar-refractivity contribution >= 4 is 0 Å². The molecule has 0 aromatic carbocycles. The predicted octanol–water partition coefficient (Wildman–Crippen LogP) is 1.35. The second-order valence-corrected chi connectivity index (χ2v) is 2.19. The molecule has 1 aliphatic carbocycles. The smallest absolute Gasteiger partial charge is 0.0961 e. The van der Waals surface area contributed by atoms with E-state index >= 15 is 0 Å². The maximum Gasteiger partial charge on any atom is 0.0961 e. The molecule has 2 N–H and O–H groups in total. The first kappa shape index (κ1) is 5.76. The third-order valence-corrected chi connectivity index (χ3v) is 1.40. The molecule has 0 spiro atoms. The number of allylic oxidation sites excluding steroid dienone is 1. The second-order valence-electron chi connectivity index (χ2n) is 2.19. The maximum absolute atomic E-state index is 12.2. The molecule has 1 atom stereocenters. The summed E-state index contributed by atoms with van der Waals surface area (Å²) in [7, 11) is 0. The fourth-order valence-electron chi connectivity index (χ4n) is 0.822. The Bertz CT molecular complexity index is 109. The van der Waals surface area contributed by atoms with Crippen LogP contribution in [0, 0.1) is 0 Å². The topological polar surface area (TPSA) is 26.0 Å². The zero-order valence-electron chi connectivity index (χ0n) is 4.73. The van der Waals surface area contributed by atoms with Crippen LogP contribution < -0.4 is 5.73 Å². The average Bonchev–Trinajstić information content (AvgIpc) is 1.77. The van der Waals surface area contributed by atoms with Crippen molar-refractivity contribution in [2.24, 2.45) is 5.73 Å². The monoisotopic (exact) mass is 115 g/mol. The molecule has 0 fully saturated rings. The van der Waals surface area contributed by atoms with Gasteiger partial charge in [-0.1, -0.05) is 6.08 Å². The quantitative estimate of drug-likeness (QED) is 0.506. The van der Waals surface area contributed by atoms with Gasteiger partial charge < -0.3 is 5.73 Å². The van der Waals surface area contributed by atoms with Crippen molar-refractivity contribution < 1.29 is 4.39 Å². The summed E-state index contributed by atoms with van der Waals surface area (Å²) in [6.07, 6.45) is 3.64. The van der Waals surface area contributed by atoms with Crippen LogP contribution in [-0.2, 0) is 0 Å². The van der Waals surface area contributed by atoms with Crippen LogP contribution in [0.2, 0.25) is 0 Å². The van der Waals surface area contributed by atoms with Gasteiger partial charge in [-0.2, -0.15) is 0 Å². The van der Waals surface area contributed by atoms with E-state index in [-0.39, 0.29) is 11.9 Å². The fourth-order valence-corrected chi connectivity index (χ4v) is 0.822. The van der Waals surface area contributed by atoms with Gasteiger partial charge in [-0.05, 0) is 12.8 Å². The van der Waals surface area contributed by atoms with Gasteiger partial charge in [-0.15, -0.1) is 0 Å². The Hall–Kier alpha value is -0.370. The first-order chi connectivity index (χ1) is 3.79. The molecule has 46 valence electrons. The molecule has 1 nitrogen and oxygen atoms in total. The number of halogens is 1. The van der Waals surface area contributed by atoms with Gasteiger partial charge in [0.05, 0.1) is 5.83 Å². The highest BCUT2D eigenvalue weighted by Crippen LogP contribution is 2.16. The van der Waals surface area contributed by atoms with Crippen molar-refractivity contribution in [2.75, 3.05) is 0 Å². The maximum atomic E-state index is 12.2. The lowest BCUT2D eigenvalue weighted by atomic mass is 10.0. The van der Waals surface area contributed by atoms with Crippen LogP contribution in [0.5, 0.6) is 0 Å².